The molecule has 22 heavy (non-hydrogen) atoms. The molecule has 0 saturated carbocycles. The Bertz CT molecular complexity index is 342. The van der Waals surface area contributed by atoms with Crippen LogP contribution in [0.15, 0.2) is 23.8 Å². The van der Waals surface area contributed by atoms with E-state index in [0.717, 1.165) is 17.9 Å². The fraction of sp³-hybridized carbons (Fsp3) is 0.750. The molecule has 0 saturated heterocycles. The van der Waals surface area contributed by atoms with E-state index in [1.807, 2.05) is 19.9 Å². The summed E-state index contributed by atoms with van der Waals surface area (Å²) in [5.41, 5.74) is 0.957. The van der Waals surface area contributed by atoms with Crippen molar-refractivity contribution in [2.75, 3.05) is 6.61 Å². The molecule has 0 aliphatic rings. The Morgan fingerprint density at radius 1 is 1.05 bits per heavy atom. The molecule has 0 heterocycles. The lowest BCUT2D eigenvalue weighted by Crippen LogP contribution is -2.00. The molecular formula is C20H36O2. The lowest BCUT2D eigenvalue weighted by Gasteiger charge is -2.13. The van der Waals surface area contributed by atoms with Gasteiger partial charge in [0.05, 0.1) is 6.61 Å². The highest BCUT2D eigenvalue weighted by atomic mass is 16.5. The summed E-state index contributed by atoms with van der Waals surface area (Å²) in [4.78, 5) is 11.3. The first-order valence-corrected chi connectivity index (χ1v) is 9.01. The quantitative estimate of drug-likeness (QED) is 0.248. The van der Waals surface area contributed by atoms with E-state index in [0.29, 0.717) is 12.5 Å². The fourth-order valence-corrected chi connectivity index (χ4v) is 2.53. The third kappa shape index (κ3) is 12.7. The number of ether oxygens (including phenoxy) is 1. The van der Waals surface area contributed by atoms with Gasteiger partial charge >= 0.3 is 5.97 Å². The molecule has 0 amide bonds. The van der Waals surface area contributed by atoms with Gasteiger partial charge in [-0.3, -0.25) is 0 Å². The summed E-state index contributed by atoms with van der Waals surface area (Å²) in [6, 6.07) is 0. The van der Waals surface area contributed by atoms with E-state index in [9.17, 15) is 4.79 Å². The van der Waals surface area contributed by atoms with Crippen LogP contribution in [0.4, 0.5) is 0 Å². The van der Waals surface area contributed by atoms with Crippen molar-refractivity contribution < 1.29 is 9.53 Å². The largest absolute Gasteiger partial charge is 0.463 e. The summed E-state index contributed by atoms with van der Waals surface area (Å²) in [7, 11) is 0. The van der Waals surface area contributed by atoms with Crippen LogP contribution in [0.25, 0.3) is 0 Å². The van der Waals surface area contributed by atoms with Gasteiger partial charge in [0.2, 0.25) is 0 Å². The Balaban J connectivity index is 3.86. The number of carbonyl (C=O) groups is 1. The molecule has 2 unspecified atom stereocenters. The minimum absolute atomic E-state index is 0.251. The number of hydrogen-bond acceptors (Lipinski definition) is 2. The molecule has 0 bridgehead atoms. The zero-order valence-electron chi connectivity index (χ0n) is 15.4. The number of unbranched alkanes of at least 4 members (excludes halogenated alkanes) is 1. The van der Waals surface area contributed by atoms with Crippen molar-refractivity contribution in [3.05, 3.63) is 23.8 Å². The van der Waals surface area contributed by atoms with E-state index in [2.05, 4.69) is 26.8 Å². The zero-order valence-corrected chi connectivity index (χ0v) is 15.4. The topological polar surface area (TPSA) is 26.3 Å². The number of hydrogen-bond donors (Lipinski definition) is 0. The van der Waals surface area contributed by atoms with Gasteiger partial charge in [-0.25, -0.2) is 4.79 Å². The van der Waals surface area contributed by atoms with Crippen molar-refractivity contribution in [3.63, 3.8) is 0 Å². The maximum Gasteiger partial charge on any atom is 0.330 e. The van der Waals surface area contributed by atoms with Crippen LogP contribution in [-0.2, 0) is 9.53 Å². The van der Waals surface area contributed by atoms with Crippen molar-refractivity contribution in [3.8, 4) is 0 Å². The molecule has 2 nitrogen and oxygen atoms in total. The van der Waals surface area contributed by atoms with E-state index < -0.39 is 0 Å². The second-order valence-corrected chi connectivity index (χ2v) is 6.56. The molecule has 0 aliphatic carbocycles. The lowest BCUT2D eigenvalue weighted by molar-refractivity contribution is -0.137. The maximum absolute atomic E-state index is 11.3. The van der Waals surface area contributed by atoms with Gasteiger partial charge in [0.25, 0.3) is 0 Å². The Hall–Kier alpha value is -1.05. The highest BCUT2D eigenvalue weighted by Crippen LogP contribution is 2.19. The van der Waals surface area contributed by atoms with Crippen LogP contribution in [0.1, 0.15) is 79.6 Å². The molecule has 0 aliphatic heterocycles. The summed E-state index contributed by atoms with van der Waals surface area (Å²) in [6.45, 7) is 11.1. The average molecular weight is 309 g/mol. The SMILES string of the molecule is CCCCC(C)CCCC(C)CC=CC(C)=CC(=O)OCC. The van der Waals surface area contributed by atoms with Gasteiger partial charge in [-0.15, -0.1) is 0 Å². The molecule has 0 rings (SSSR count). The Morgan fingerprint density at radius 3 is 2.32 bits per heavy atom. The molecule has 2 heteroatoms. The average Bonchev–Trinajstić information content (AvgIpc) is 2.45. The summed E-state index contributed by atoms with van der Waals surface area (Å²) >= 11 is 0. The zero-order chi connectivity index (χ0) is 16.8. The second-order valence-electron chi connectivity index (χ2n) is 6.56. The summed E-state index contributed by atoms with van der Waals surface area (Å²) < 4.78 is 4.89. The van der Waals surface area contributed by atoms with Gasteiger partial charge in [-0.05, 0) is 37.7 Å². The number of allylic oxidation sites excluding steroid dienone is 3. The van der Waals surface area contributed by atoms with Crippen LogP contribution in [-0.4, -0.2) is 12.6 Å². The molecule has 0 radical (unpaired) electrons. The third-order valence-electron chi connectivity index (χ3n) is 4.00. The highest BCUT2D eigenvalue weighted by molar-refractivity contribution is 5.83. The Morgan fingerprint density at radius 2 is 1.68 bits per heavy atom. The van der Waals surface area contributed by atoms with Crippen molar-refractivity contribution in [1.29, 1.82) is 0 Å². The maximum atomic E-state index is 11.3. The van der Waals surface area contributed by atoms with Gasteiger partial charge in [0.15, 0.2) is 0 Å². The standard InChI is InChI=1S/C20H36O2/c1-6-8-11-17(3)12-9-13-18(4)14-10-15-19(5)16-20(21)22-7-2/h10,15-18H,6-9,11-14H2,1-5H3. The molecule has 0 aromatic heterocycles. The minimum atomic E-state index is -0.251. The number of rotatable bonds is 12. The third-order valence-corrected chi connectivity index (χ3v) is 4.00. The monoisotopic (exact) mass is 308 g/mol. The molecule has 2 atom stereocenters. The first kappa shape index (κ1) is 20.9. The lowest BCUT2D eigenvalue weighted by atomic mass is 9.94. The Kier molecular flexibility index (Phi) is 13.0. The van der Waals surface area contributed by atoms with Gasteiger partial charge in [-0.2, -0.15) is 0 Å². The van der Waals surface area contributed by atoms with Gasteiger partial charge in [0.1, 0.15) is 0 Å². The van der Waals surface area contributed by atoms with E-state index in [4.69, 9.17) is 4.74 Å². The van der Waals surface area contributed by atoms with Crippen LogP contribution in [0, 0.1) is 11.8 Å². The van der Waals surface area contributed by atoms with Crippen LogP contribution in [0.2, 0.25) is 0 Å². The van der Waals surface area contributed by atoms with E-state index >= 15 is 0 Å². The van der Waals surface area contributed by atoms with E-state index in [1.165, 1.54) is 38.5 Å². The summed E-state index contributed by atoms with van der Waals surface area (Å²) in [6.07, 6.45) is 14.9. The van der Waals surface area contributed by atoms with Crippen molar-refractivity contribution in [2.45, 2.75) is 79.6 Å². The van der Waals surface area contributed by atoms with Crippen LogP contribution in [0.3, 0.4) is 0 Å². The first-order valence-electron chi connectivity index (χ1n) is 9.01. The number of esters is 1. The minimum Gasteiger partial charge on any atom is -0.463 e. The highest BCUT2D eigenvalue weighted by Gasteiger charge is 2.04. The van der Waals surface area contributed by atoms with Gasteiger partial charge in [0, 0.05) is 6.08 Å². The van der Waals surface area contributed by atoms with Crippen molar-refractivity contribution in [1.82, 2.24) is 0 Å². The van der Waals surface area contributed by atoms with Gasteiger partial charge in [-0.1, -0.05) is 71.4 Å². The fourth-order valence-electron chi connectivity index (χ4n) is 2.53. The van der Waals surface area contributed by atoms with Crippen LogP contribution in [0.5, 0.6) is 0 Å². The predicted octanol–water partition coefficient (Wildman–Crippen LogP) is 6.07. The second kappa shape index (κ2) is 13.6. The predicted molar refractivity (Wildman–Crippen MR) is 95.9 cm³/mol. The molecule has 0 aromatic carbocycles. The van der Waals surface area contributed by atoms with Crippen molar-refractivity contribution >= 4 is 5.97 Å². The first-order chi connectivity index (χ1) is 10.5. The molecule has 0 spiro atoms. The van der Waals surface area contributed by atoms with Crippen LogP contribution < -0.4 is 0 Å². The number of carbonyl (C=O) groups excluding carboxylic acids is 1. The molecule has 0 aromatic rings. The Labute approximate surface area is 138 Å². The smallest absolute Gasteiger partial charge is 0.330 e. The van der Waals surface area contributed by atoms with Gasteiger partial charge < -0.3 is 4.74 Å². The summed E-state index contributed by atoms with van der Waals surface area (Å²) in [5.74, 6) is 1.33. The van der Waals surface area contributed by atoms with Crippen molar-refractivity contribution in [2.24, 2.45) is 11.8 Å². The van der Waals surface area contributed by atoms with E-state index in [1.54, 1.807) is 6.08 Å². The van der Waals surface area contributed by atoms with E-state index in [-0.39, 0.29) is 5.97 Å². The molecule has 0 N–H and O–H groups in total. The normalized spacial score (nSPS) is 15.0. The summed E-state index contributed by atoms with van der Waals surface area (Å²) in [5, 5.41) is 0. The molecule has 128 valence electrons. The molecule has 0 fully saturated rings. The van der Waals surface area contributed by atoms with Crippen LogP contribution >= 0.6 is 0 Å². The molecular weight excluding hydrogens is 272 g/mol.